The van der Waals surface area contributed by atoms with Crippen molar-refractivity contribution in [3.05, 3.63) is 0 Å². The fraction of sp³-hybridized carbons (Fsp3) is 0.929. The van der Waals surface area contributed by atoms with Gasteiger partial charge < -0.3 is 205 Å². The summed E-state index contributed by atoms with van der Waals surface area (Å²) >= 11 is 0. The summed E-state index contributed by atoms with van der Waals surface area (Å²) in [5.74, 6) is -3.49. The summed E-state index contributed by atoms with van der Waals surface area (Å²) in [7, 11) is 0. The average Bonchev–Trinajstić information content (AvgIpc) is 0.776. The number of nitrogens with one attached hydrogen (secondary N) is 4. The Morgan fingerprint density at radius 3 is 0.941 bits per heavy atom. The molecule has 7 aliphatic heterocycles. The summed E-state index contributed by atoms with van der Waals surface area (Å²) < 4.78 is 81.4. The van der Waals surface area contributed by atoms with Crippen LogP contribution < -0.4 is 21.3 Å². The van der Waals surface area contributed by atoms with Crippen LogP contribution in [0.2, 0.25) is 0 Å². The van der Waals surface area contributed by atoms with Crippen molar-refractivity contribution in [1.82, 2.24) is 21.3 Å². The van der Waals surface area contributed by atoms with Gasteiger partial charge in [-0.1, -0.05) is 0 Å². The van der Waals surface area contributed by atoms with Crippen LogP contribution in [0.1, 0.15) is 27.7 Å². The number of amides is 4. The summed E-state index contributed by atoms with van der Waals surface area (Å²) in [6.45, 7) is -5.61. The molecule has 7 fully saturated rings. The zero-order valence-corrected chi connectivity index (χ0v) is 54.5. The Morgan fingerprint density at radius 1 is 0.317 bits per heavy atom. The first-order valence-corrected chi connectivity index (χ1v) is 32.0. The van der Waals surface area contributed by atoms with Gasteiger partial charge in [0.15, 0.2) is 44.0 Å². The number of hydrogen-bond donors (Lipinski definition) is 27. The van der Waals surface area contributed by atoms with Gasteiger partial charge in [-0.3, -0.25) is 19.2 Å². The number of ether oxygens (including phenoxy) is 14. The van der Waals surface area contributed by atoms with Crippen LogP contribution in [0.15, 0.2) is 0 Å². The van der Waals surface area contributed by atoms with Gasteiger partial charge in [0.25, 0.3) is 0 Å². The first-order valence-electron chi connectivity index (χ1n) is 32.0. The molecule has 39 atom stereocenters. The molecule has 27 N–H and O–H groups in total. The highest BCUT2D eigenvalue weighted by Crippen LogP contribution is 2.39. The van der Waals surface area contributed by atoms with Gasteiger partial charge in [-0.2, -0.15) is 0 Å². The number of aliphatic hydroxyl groups excluding tert-OH is 23. The lowest BCUT2D eigenvalue weighted by molar-refractivity contribution is -0.387. The van der Waals surface area contributed by atoms with Crippen LogP contribution in [0.25, 0.3) is 0 Å². The third-order valence-electron chi connectivity index (χ3n) is 17.9. The maximum Gasteiger partial charge on any atom is 0.217 e. The Morgan fingerprint density at radius 2 is 0.604 bits per heavy atom. The summed E-state index contributed by atoms with van der Waals surface area (Å²) in [6, 6.07) is -7.13. The van der Waals surface area contributed by atoms with E-state index in [4.69, 9.17) is 66.3 Å². The number of carbonyl (C=O) groups is 4. The van der Waals surface area contributed by atoms with E-state index in [0.717, 1.165) is 27.7 Å². The maximum atomic E-state index is 12.8. The van der Waals surface area contributed by atoms with Gasteiger partial charge in [-0.25, -0.2) is 0 Å². The Kier molecular flexibility index (Phi) is 31.7. The number of carbonyl (C=O) groups excluding carboxylic acids is 4. The first-order chi connectivity index (χ1) is 47.8. The van der Waals surface area contributed by atoms with E-state index in [0.29, 0.717) is 0 Å². The third-order valence-corrected chi connectivity index (χ3v) is 17.9. The summed E-state index contributed by atoms with van der Waals surface area (Å²) in [5.41, 5.74) is 0. The Balaban J connectivity index is 1.06. The van der Waals surface area contributed by atoms with Crippen molar-refractivity contribution < 1.29 is 203 Å². The molecule has 7 heterocycles. The molecule has 586 valence electrons. The average molecular weight is 1480 g/mol. The molecular weight excluding hydrogens is 1380 g/mol. The highest BCUT2D eigenvalue weighted by molar-refractivity contribution is 5.74. The van der Waals surface area contributed by atoms with Crippen LogP contribution in [-0.2, 0) is 85.5 Å². The van der Waals surface area contributed by atoms with Crippen molar-refractivity contribution in [2.45, 2.75) is 267 Å². The molecule has 101 heavy (non-hydrogen) atoms. The first kappa shape index (κ1) is 84.7. The lowest BCUT2D eigenvalue weighted by atomic mass is 9.93. The van der Waals surface area contributed by atoms with E-state index < -0.39 is 322 Å². The SMILES string of the molecule is CC(=O)N[C@H]1[C@H](O[C@@H]2[C@@H](O)[C@@H](CO)O[C@@H](O[C@H]3[C@H](O)[C@@H](NC(C)=O)[C@H](O[C@H]4[C@@H](O)[C@@H](CO)O[C@@H](O[C@@H]([C@@H](O)[C@H](O)CO)[C@H](CO)NC(C)=O)[C@@H]4O)O[C@@H]3CO)[C@@H]2O)O[C@H](CO)[C@@H](O[C@@H]2O[C@H](CO)[C@H](O[C@@H]3O[C@H](CO)[C@@H](O[C@@H]4O[C@H](CO)[C@H](O)[C@H](O)[C@H]4O)[C@H](O)[C@H]3NC(C)=O)[C@H](O)[C@@H]2O)[C@@H]1O. The van der Waals surface area contributed by atoms with Crippen LogP contribution >= 0.6 is 0 Å². The van der Waals surface area contributed by atoms with E-state index in [1.165, 1.54) is 0 Å². The van der Waals surface area contributed by atoms with Crippen molar-refractivity contribution in [3.63, 3.8) is 0 Å². The number of rotatable bonds is 30. The van der Waals surface area contributed by atoms with Crippen LogP contribution in [0.4, 0.5) is 0 Å². The second-order valence-corrected chi connectivity index (χ2v) is 25.1. The van der Waals surface area contributed by atoms with E-state index in [9.17, 15) is 137 Å². The zero-order valence-electron chi connectivity index (χ0n) is 54.5. The molecule has 0 aliphatic carbocycles. The van der Waals surface area contributed by atoms with Gasteiger partial charge in [0, 0.05) is 27.7 Å². The molecule has 7 rings (SSSR count). The van der Waals surface area contributed by atoms with Gasteiger partial charge in [-0.05, 0) is 0 Å². The molecule has 0 aromatic heterocycles. The van der Waals surface area contributed by atoms with Crippen LogP contribution in [0.3, 0.4) is 0 Å². The predicted molar refractivity (Wildman–Crippen MR) is 313 cm³/mol. The molecule has 45 heteroatoms. The smallest absolute Gasteiger partial charge is 0.217 e. The molecule has 0 aromatic rings. The maximum absolute atomic E-state index is 12.8. The van der Waals surface area contributed by atoms with Crippen molar-refractivity contribution >= 4 is 23.6 Å². The highest BCUT2D eigenvalue weighted by Gasteiger charge is 2.60. The molecule has 4 amide bonds. The summed E-state index contributed by atoms with van der Waals surface area (Å²) in [6.07, 6.45) is -70.1. The number of aliphatic hydroxyl groups is 23. The van der Waals surface area contributed by atoms with Gasteiger partial charge in [0.1, 0.15) is 189 Å². The second-order valence-electron chi connectivity index (χ2n) is 25.1. The lowest BCUT2D eigenvalue weighted by Gasteiger charge is -2.51. The normalized spacial score (nSPS) is 45.0. The van der Waals surface area contributed by atoms with Crippen molar-refractivity contribution in [2.24, 2.45) is 0 Å². The van der Waals surface area contributed by atoms with Gasteiger partial charge in [-0.15, -0.1) is 0 Å². The standard InChI is InChI=1S/C56H96N4O41/c1-14(70)57-18(5-61)43(30(75)19(74)6-62)95-55-41(86)48(32(77)21(8-64)89-55)100-52-29(60-17(4)73)36(81)46(25(12-68)93-52)99-56-42(87)49(33(78)22(9-65)90-56)101-51-28(59-16(3)72)35(80)45(24(11-67)92-51)98-54-40(85)38(83)47(26(13-69)94-54)96-50-27(58-15(2)71)34(79)44(23(10-66)91-50)97-53-39(84)37(82)31(76)20(7-63)88-53/h18-56,61-69,74-87H,5-13H2,1-4H3,(H,57,70)(H,58,71)(H,59,72)(H,60,73)/t18-,19+,20+,21+,22+,23+,24+,25+,26+,27+,28+,29+,30-,31-,32-,33-,34+,35+,36+,37-,38+,39+,40-,41+,42+,43+,44+,45+,46+,47-,48-,49+,50-,51-,52-,53-,54-,55-,56-/m0/s1. The Hall–Kier alpha value is -3.60. The summed E-state index contributed by atoms with van der Waals surface area (Å²) in [5, 5.41) is 260. The summed E-state index contributed by atoms with van der Waals surface area (Å²) in [4.78, 5) is 50.2. The quantitative estimate of drug-likeness (QED) is 0.0318. The molecule has 7 aliphatic rings. The monoisotopic (exact) mass is 1480 g/mol. The van der Waals surface area contributed by atoms with Crippen LogP contribution in [0.5, 0.6) is 0 Å². The van der Waals surface area contributed by atoms with E-state index in [1.54, 1.807) is 0 Å². The van der Waals surface area contributed by atoms with E-state index in [1.807, 2.05) is 0 Å². The minimum Gasteiger partial charge on any atom is -0.394 e. The molecule has 0 unspecified atom stereocenters. The van der Waals surface area contributed by atoms with Crippen LogP contribution in [-0.4, -0.2) is 440 Å². The largest absolute Gasteiger partial charge is 0.394 e. The third kappa shape index (κ3) is 19.4. The Bertz CT molecular complexity index is 2580. The number of hydrogen-bond acceptors (Lipinski definition) is 41. The molecule has 0 aromatic carbocycles. The minimum absolute atomic E-state index is 0.790. The molecule has 7 saturated heterocycles. The molecule has 0 saturated carbocycles. The van der Waals surface area contributed by atoms with Crippen LogP contribution in [0, 0.1) is 0 Å². The minimum atomic E-state index is -2.33. The van der Waals surface area contributed by atoms with Gasteiger partial charge in [0.2, 0.25) is 23.6 Å². The topological polar surface area (TPSA) is 711 Å². The molecule has 0 radical (unpaired) electrons. The van der Waals surface area contributed by atoms with E-state index >= 15 is 0 Å². The molecule has 45 nitrogen and oxygen atoms in total. The predicted octanol–water partition coefficient (Wildman–Crippen LogP) is -18.2. The highest BCUT2D eigenvalue weighted by atomic mass is 16.8. The van der Waals surface area contributed by atoms with Gasteiger partial charge in [0.05, 0.1) is 65.5 Å². The van der Waals surface area contributed by atoms with E-state index in [2.05, 4.69) is 21.3 Å². The Labute approximate surface area is 572 Å². The van der Waals surface area contributed by atoms with Crippen molar-refractivity contribution in [1.29, 1.82) is 0 Å². The lowest BCUT2D eigenvalue weighted by Crippen LogP contribution is -2.71. The molecule has 0 bridgehead atoms. The molecular formula is C56H96N4O41. The fourth-order valence-corrected chi connectivity index (χ4v) is 12.7. The molecule has 0 spiro atoms. The second kappa shape index (κ2) is 37.8. The van der Waals surface area contributed by atoms with Gasteiger partial charge >= 0.3 is 0 Å². The van der Waals surface area contributed by atoms with E-state index in [-0.39, 0.29) is 0 Å². The zero-order chi connectivity index (χ0) is 74.9. The van der Waals surface area contributed by atoms with Crippen molar-refractivity contribution in [3.8, 4) is 0 Å². The fourth-order valence-electron chi connectivity index (χ4n) is 12.7. The van der Waals surface area contributed by atoms with Crippen molar-refractivity contribution in [2.75, 3.05) is 59.5 Å².